The van der Waals surface area contributed by atoms with Gasteiger partial charge in [-0.3, -0.25) is 4.90 Å². The zero-order chi connectivity index (χ0) is 15.4. The van der Waals surface area contributed by atoms with Crippen LogP contribution in [0.2, 0.25) is 0 Å². The highest BCUT2D eigenvalue weighted by molar-refractivity contribution is 5.42. The predicted octanol–water partition coefficient (Wildman–Crippen LogP) is 1.81. The number of nitrogens with two attached hydrogens (primary N) is 1. The summed E-state index contributed by atoms with van der Waals surface area (Å²) in [6.07, 6.45) is 0.416. The first kappa shape index (κ1) is 16.1. The van der Waals surface area contributed by atoms with Crippen LogP contribution >= 0.6 is 0 Å². The highest BCUT2D eigenvalue weighted by Gasteiger charge is 2.29. The van der Waals surface area contributed by atoms with Crippen molar-refractivity contribution in [2.75, 3.05) is 33.9 Å². The van der Waals surface area contributed by atoms with Crippen LogP contribution in [0.3, 0.4) is 0 Å². The fraction of sp³-hybridized carbons (Fsp3) is 0.625. The molecule has 0 aliphatic carbocycles. The number of rotatable bonds is 5. The standard InChI is InChI=1S/C16H26N2O3/c1-11-9-18(10-12(2)21-11)15(8-17)14-7-13(19-3)5-6-16(14)20-4/h5-7,11-12,15H,8-10,17H2,1-4H3/t11-,12+,15-/m0/s1. The van der Waals surface area contributed by atoms with E-state index in [0.717, 1.165) is 30.2 Å². The van der Waals surface area contributed by atoms with Gasteiger partial charge in [0.25, 0.3) is 0 Å². The van der Waals surface area contributed by atoms with E-state index in [0.29, 0.717) is 6.54 Å². The Morgan fingerprint density at radius 2 is 1.90 bits per heavy atom. The Bertz CT molecular complexity index is 457. The molecule has 0 bridgehead atoms. The Balaban J connectivity index is 2.31. The van der Waals surface area contributed by atoms with Crippen LogP contribution < -0.4 is 15.2 Å². The molecule has 0 aromatic heterocycles. The summed E-state index contributed by atoms with van der Waals surface area (Å²) in [5, 5.41) is 0. The van der Waals surface area contributed by atoms with Gasteiger partial charge < -0.3 is 19.9 Å². The molecule has 1 aromatic rings. The minimum absolute atomic E-state index is 0.101. The van der Waals surface area contributed by atoms with E-state index in [1.54, 1.807) is 14.2 Å². The average molecular weight is 294 g/mol. The molecule has 1 saturated heterocycles. The quantitative estimate of drug-likeness (QED) is 0.897. The second-order valence-corrected chi connectivity index (χ2v) is 5.57. The molecule has 3 atom stereocenters. The zero-order valence-corrected chi connectivity index (χ0v) is 13.3. The molecule has 21 heavy (non-hydrogen) atoms. The number of ether oxygens (including phenoxy) is 3. The van der Waals surface area contributed by atoms with Crippen LogP contribution in [0.5, 0.6) is 11.5 Å². The second kappa shape index (κ2) is 7.11. The summed E-state index contributed by atoms with van der Waals surface area (Å²) in [6, 6.07) is 5.95. The maximum absolute atomic E-state index is 6.06. The Kier molecular flexibility index (Phi) is 5.45. The van der Waals surface area contributed by atoms with E-state index >= 15 is 0 Å². The molecule has 0 amide bonds. The third kappa shape index (κ3) is 3.67. The molecule has 0 unspecified atom stereocenters. The number of nitrogens with zero attached hydrogens (tertiary/aromatic N) is 1. The molecular weight excluding hydrogens is 268 g/mol. The van der Waals surface area contributed by atoms with Gasteiger partial charge in [0.15, 0.2) is 0 Å². The molecule has 0 spiro atoms. The minimum atomic E-state index is 0.101. The highest BCUT2D eigenvalue weighted by Crippen LogP contribution is 2.33. The van der Waals surface area contributed by atoms with E-state index in [2.05, 4.69) is 18.7 Å². The van der Waals surface area contributed by atoms with Gasteiger partial charge >= 0.3 is 0 Å². The monoisotopic (exact) mass is 294 g/mol. The van der Waals surface area contributed by atoms with E-state index < -0.39 is 0 Å². The molecule has 1 aromatic carbocycles. The number of methoxy groups -OCH3 is 2. The third-order valence-corrected chi connectivity index (χ3v) is 3.91. The smallest absolute Gasteiger partial charge is 0.123 e. The lowest BCUT2D eigenvalue weighted by atomic mass is 10.0. The Labute approximate surface area is 127 Å². The number of benzene rings is 1. The molecule has 0 radical (unpaired) electrons. The molecule has 1 fully saturated rings. The number of hydrogen-bond donors (Lipinski definition) is 1. The van der Waals surface area contributed by atoms with Crippen molar-refractivity contribution >= 4 is 0 Å². The summed E-state index contributed by atoms with van der Waals surface area (Å²) in [4.78, 5) is 2.37. The maximum atomic E-state index is 6.06. The average Bonchev–Trinajstić information content (AvgIpc) is 2.47. The zero-order valence-electron chi connectivity index (χ0n) is 13.3. The van der Waals surface area contributed by atoms with E-state index in [9.17, 15) is 0 Å². The lowest BCUT2D eigenvalue weighted by Gasteiger charge is -2.40. The third-order valence-electron chi connectivity index (χ3n) is 3.91. The molecule has 1 aliphatic rings. The molecule has 0 saturated carbocycles. The molecule has 5 heteroatoms. The molecule has 118 valence electrons. The molecule has 2 rings (SSSR count). The van der Waals surface area contributed by atoms with Crippen molar-refractivity contribution in [3.8, 4) is 11.5 Å². The van der Waals surface area contributed by atoms with E-state index in [-0.39, 0.29) is 18.2 Å². The second-order valence-electron chi connectivity index (χ2n) is 5.57. The summed E-state index contributed by atoms with van der Waals surface area (Å²) in [6.45, 7) is 6.46. The largest absolute Gasteiger partial charge is 0.497 e. The van der Waals surface area contributed by atoms with Gasteiger partial charge in [0.2, 0.25) is 0 Å². The Morgan fingerprint density at radius 3 is 2.43 bits per heavy atom. The molecule has 2 N–H and O–H groups in total. The summed E-state index contributed by atoms with van der Waals surface area (Å²) in [5.41, 5.74) is 7.13. The maximum Gasteiger partial charge on any atom is 0.123 e. The van der Waals surface area contributed by atoms with Gasteiger partial charge in [0, 0.05) is 25.2 Å². The van der Waals surface area contributed by atoms with Crippen LogP contribution in [0.15, 0.2) is 18.2 Å². The van der Waals surface area contributed by atoms with Crippen LogP contribution in [-0.2, 0) is 4.74 Å². The van der Waals surface area contributed by atoms with Gasteiger partial charge in [-0.15, -0.1) is 0 Å². The summed E-state index contributed by atoms with van der Waals surface area (Å²) >= 11 is 0. The van der Waals surface area contributed by atoms with Gasteiger partial charge in [0.05, 0.1) is 32.5 Å². The lowest BCUT2D eigenvalue weighted by Crippen LogP contribution is -2.48. The first-order chi connectivity index (χ1) is 10.1. The summed E-state index contributed by atoms with van der Waals surface area (Å²) in [7, 11) is 3.35. The fourth-order valence-electron chi connectivity index (χ4n) is 3.04. The van der Waals surface area contributed by atoms with Crippen molar-refractivity contribution in [1.29, 1.82) is 0 Å². The number of morpholine rings is 1. The Hall–Kier alpha value is -1.30. The number of hydrogen-bond acceptors (Lipinski definition) is 5. The molecule has 1 heterocycles. The van der Waals surface area contributed by atoms with Crippen molar-refractivity contribution in [3.63, 3.8) is 0 Å². The minimum Gasteiger partial charge on any atom is -0.497 e. The van der Waals surface area contributed by atoms with Crippen LogP contribution in [0.4, 0.5) is 0 Å². The van der Waals surface area contributed by atoms with E-state index in [1.165, 1.54) is 0 Å². The topological polar surface area (TPSA) is 57.0 Å². The van der Waals surface area contributed by atoms with Crippen molar-refractivity contribution in [1.82, 2.24) is 4.90 Å². The van der Waals surface area contributed by atoms with Gasteiger partial charge in [-0.05, 0) is 32.0 Å². The van der Waals surface area contributed by atoms with Crippen LogP contribution in [0, 0.1) is 0 Å². The molecule has 1 aliphatic heterocycles. The van der Waals surface area contributed by atoms with Crippen molar-refractivity contribution in [3.05, 3.63) is 23.8 Å². The fourth-order valence-corrected chi connectivity index (χ4v) is 3.04. The van der Waals surface area contributed by atoms with Gasteiger partial charge in [-0.25, -0.2) is 0 Å². The first-order valence-corrected chi connectivity index (χ1v) is 7.40. The predicted molar refractivity (Wildman–Crippen MR) is 82.9 cm³/mol. The van der Waals surface area contributed by atoms with Crippen molar-refractivity contribution in [2.24, 2.45) is 5.73 Å². The van der Waals surface area contributed by atoms with Gasteiger partial charge in [-0.2, -0.15) is 0 Å². The van der Waals surface area contributed by atoms with Gasteiger partial charge in [0.1, 0.15) is 11.5 Å². The lowest BCUT2D eigenvalue weighted by molar-refractivity contribution is -0.0801. The van der Waals surface area contributed by atoms with Crippen LogP contribution in [0.25, 0.3) is 0 Å². The van der Waals surface area contributed by atoms with Crippen LogP contribution in [0.1, 0.15) is 25.5 Å². The SMILES string of the molecule is COc1ccc(OC)c([C@H](CN)N2C[C@@H](C)O[C@@H](C)C2)c1. The molecular formula is C16H26N2O3. The normalized spacial score (nSPS) is 24.6. The van der Waals surface area contributed by atoms with E-state index in [4.69, 9.17) is 19.9 Å². The highest BCUT2D eigenvalue weighted by atomic mass is 16.5. The summed E-state index contributed by atoms with van der Waals surface area (Å²) in [5.74, 6) is 1.66. The van der Waals surface area contributed by atoms with E-state index in [1.807, 2.05) is 18.2 Å². The summed E-state index contributed by atoms with van der Waals surface area (Å²) < 4.78 is 16.7. The Morgan fingerprint density at radius 1 is 1.24 bits per heavy atom. The van der Waals surface area contributed by atoms with Gasteiger partial charge in [-0.1, -0.05) is 0 Å². The molecule has 5 nitrogen and oxygen atoms in total. The van der Waals surface area contributed by atoms with Crippen molar-refractivity contribution < 1.29 is 14.2 Å². The van der Waals surface area contributed by atoms with Crippen molar-refractivity contribution in [2.45, 2.75) is 32.1 Å². The first-order valence-electron chi connectivity index (χ1n) is 7.40. The van der Waals surface area contributed by atoms with Crippen LogP contribution in [-0.4, -0.2) is 51.0 Å².